The highest BCUT2D eigenvalue weighted by Gasteiger charge is 2.12. The van der Waals surface area contributed by atoms with Gasteiger partial charge >= 0.3 is 6.03 Å². The summed E-state index contributed by atoms with van der Waals surface area (Å²) < 4.78 is 16.5. The van der Waals surface area contributed by atoms with Gasteiger partial charge in [0.05, 0.1) is 5.69 Å². The lowest BCUT2D eigenvalue weighted by Gasteiger charge is -2.11. The summed E-state index contributed by atoms with van der Waals surface area (Å²) in [5.41, 5.74) is 4.18. The van der Waals surface area contributed by atoms with Crippen molar-refractivity contribution in [3.8, 4) is 5.69 Å². The molecule has 0 fully saturated rings. The summed E-state index contributed by atoms with van der Waals surface area (Å²) in [4.78, 5) is 12.1. The van der Waals surface area contributed by atoms with E-state index >= 15 is 0 Å². The molecule has 4 nitrogen and oxygen atoms in total. The first kappa shape index (κ1) is 19.5. The van der Waals surface area contributed by atoms with E-state index in [0.29, 0.717) is 16.0 Å². The van der Waals surface area contributed by atoms with Gasteiger partial charge in [-0.05, 0) is 67.9 Å². The summed E-state index contributed by atoms with van der Waals surface area (Å²) in [5.74, 6) is -0.500. The van der Waals surface area contributed by atoms with Crippen LogP contribution in [0.3, 0.4) is 0 Å². The summed E-state index contributed by atoms with van der Waals surface area (Å²) in [5, 5.41) is 5.97. The van der Waals surface area contributed by atoms with E-state index in [1.807, 2.05) is 44.2 Å². The number of nitrogens with zero attached hydrogens (tertiary/aromatic N) is 1. The number of rotatable bonds is 4. The molecule has 0 spiro atoms. The number of hydrogen-bond acceptors (Lipinski definition) is 1. The smallest absolute Gasteiger partial charge is 0.319 e. The highest BCUT2D eigenvalue weighted by atomic mass is 79.9. The van der Waals surface area contributed by atoms with E-state index in [0.717, 1.165) is 22.6 Å². The Labute approximate surface area is 170 Å². The quantitative estimate of drug-likeness (QED) is 0.505. The van der Waals surface area contributed by atoms with Gasteiger partial charge in [-0.2, -0.15) is 0 Å². The second kappa shape index (κ2) is 8.15. The molecule has 0 saturated heterocycles. The van der Waals surface area contributed by atoms with Crippen LogP contribution in [0.2, 0.25) is 5.02 Å². The fraction of sp³-hybridized carbons (Fsp3) is 0.150. The van der Waals surface area contributed by atoms with Gasteiger partial charge in [-0.25, -0.2) is 9.18 Å². The maximum absolute atomic E-state index is 13.8. The minimum atomic E-state index is -0.500. The largest absolute Gasteiger partial charge is 0.334 e. The monoisotopic (exact) mass is 449 g/mol. The van der Waals surface area contributed by atoms with Crippen molar-refractivity contribution in [3.63, 3.8) is 0 Å². The summed E-state index contributed by atoms with van der Waals surface area (Å²) in [6.45, 7) is 4.32. The molecule has 3 rings (SSSR count). The third-order valence-electron chi connectivity index (χ3n) is 4.24. The molecule has 0 bridgehead atoms. The van der Waals surface area contributed by atoms with Gasteiger partial charge in [0, 0.05) is 33.1 Å². The van der Waals surface area contributed by atoms with Crippen LogP contribution in [-0.2, 0) is 6.54 Å². The van der Waals surface area contributed by atoms with Gasteiger partial charge in [0.15, 0.2) is 0 Å². The summed E-state index contributed by atoms with van der Waals surface area (Å²) in [6.07, 6.45) is 0. The second-order valence-corrected chi connectivity index (χ2v) is 7.49. The fourth-order valence-corrected chi connectivity index (χ4v) is 3.39. The molecule has 0 unspecified atom stereocenters. The van der Waals surface area contributed by atoms with Crippen LogP contribution in [0.5, 0.6) is 0 Å². The normalized spacial score (nSPS) is 10.7. The van der Waals surface area contributed by atoms with E-state index in [4.69, 9.17) is 11.6 Å². The van der Waals surface area contributed by atoms with Gasteiger partial charge in [-0.1, -0.05) is 27.5 Å². The first-order valence-corrected chi connectivity index (χ1v) is 9.46. The molecule has 0 radical (unpaired) electrons. The molecule has 7 heteroatoms. The first-order chi connectivity index (χ1) is 12.8. The lowest BCUT2D eigenvalue weighted by atomic mass is 10.2. The standard InChI is InChI=1S/C20H18BrClFN3O/c1-12-9-14(13(2)26(12)17-6-4-16(22)5-7-17)11-24-20(27)25-19-8-3-15(21)10-18(19)23/h3-10H,11H2,1-2H3,(H2,24,25,27). The average Bonchev–Trinajstić information content (AvgIpc) is 2.90. The molecule has 0 atom stereocenters. The van der Waals surface area contributed by atoms with Gasteiger partial charge in [-0.15, -0.1) is 0 Å². The van der Waals surface area contributed by atoms with E-state index in [1.54, 1.807) is 6.07 Å². The van der Waals surface area contributed by atoms with E-state index in [1.165, 1.54) is 12.1 Å². The van der Waals surface area contributed by atoms with Crippen LogP contribution in [0.4, 0.5) is 14.9 Å². The second-order valence-electron chi connectivity index (χ2n) is 6.14. The van der Waals surface area contributed by atoms with E-state index < -0.39 is 11.8 Å². The van der Waals surface area contributed by atoms with Crippen molar-refractivity contribution >= 4 is 39.2 Å². The molecule has 2 aromatic carbocycles. The molecule has 3 aromatic rings. The Hall–Kier alpha value is -2.31. The fourth-order valence-electron chi connectivity index (χ4n) is 2.93. The average molecular weight is 451 g/mol. The van der Waals surface area contributed by atoms with Gasteiger partial charge in [0.2, 0.25) is 0 Å². The number of aryl methyl sites for hydroxylation is 1. The zero-order valence-corrected chi connectivity index (χ0v) is 17.2. The van der Waals surface area contributed by atoms with Gasteiger partial charge in [0.25, 0.3) is 0 Å². The van der Waals surface area contributed by atoms with Crippen molar-refractivity contribution in [2.24, 2.45) is 0 Å². The number of amides is 2. The van der Waals surface area contributed by atoms with Crippen LogP contribution in [0, 0.1) is 19.7 Å². The summed E-state index contributed by atoms with van der Waals surface area (Å²) in [6, 6.07) is 13.6. The number of benzene rings is 2. The zero-order valence-electron chi connectivity index (χ0n) is 14.8. The molecule has 140 valence electrons. The number of anilines is 1. The Morgan fingerprint density at radius 2 is 1.85 bits per heavy atom. The van der Waals surface area contributed by atoms with E-state index in [9.17, 15) is 9.18 Å². The SMILES string of the molecule is Cc1cc(CNC(=O)Nc2ccc(Br)cc2F)c(C)n1-c1ccc(Cl)cc1. The number of carbonyl (C=O) groups is 1. The number of nitrogens with one attached hydrogen (secondary N) is 2. The van der Waals surface area contributed by atoms with Crippen molar-refractivity contribution in [2.45, 2.75) is 20.4 Å². The zero-order chi connectivity index (χ0) is 19.6. The number of aromatic nitrogens is 1. The Bertz CT molecular complexity index is 986. The van der Waals surface area contributed by atoms with Crippen LogP contribution in [-0.4, -0.2) is 10.6 Å². The van der Waals surface area contributed by atoms with Crippen molar-refractivity contribution in [2.75, 3.05) is 5.32 Å². The molecule has 1 heterocycles. The molecule has 27 heavy (non-hydrogen) atoms. The van der Waals surface area contributed by atoms with Crippen LogP contribution in [0.25, 0.3) is 5.69 Å². The van der Waals surface area contributed by atoms with Crippen molar-refractivity contribution in [1.82, 2.24) is 9.88 Å². The Morgan fingerprint density at radius 1 is 1.15 bits per heavy atom. The minimum Gasteiger partial charge on any atom is -0.334 e. The molecule has 1 aromatic heterocycles. The number of hydrogen-bond donors (Lipinski definition) is 2. The summed E-state index contributed by atoms with van der Waals surface area (Å²) in [7, 11) is 0. The Kier molecular flexibility index (Phi) is 5.87. The Balaban J connectivity index is 1.70. The van der Waals surface area contributed by atoms with Crippen LogP contribution >= 0.6 is 27.5 Å². The van der Waals surface area contributed by atoms with Crippen LogP contribution in [0.15, 0.2) is 53.0 Å². The third-order valence-corrected chi connectivity index (χ3v) is 4.98. The minimum absolute atomic E-state index is 0.127. The Morgan fingerprint density at radius 3 is 2.52 bits per heavy atom. The van der Waals surface area contributed by atoms with Crippen LogP contribution in [0.1, 0.15) is 17.0 Å². The van der Waals surface area contributed by atoms with Crippen LogP contribution < -0.4 is 10.6 Å². The summed E-state index contributed by atoms with van der Waals surface area (Å²) >= 11 is 9.15. The molecule has 2 amide bonds. The van der Waals surface area contributed by atoms with Crippen molar-refractivity contribution < 1.29 is 9.18 Å². The molecule has 0 aliphatic heterocycles. The van der Waals surface area contributed by atoms with E-state index in [2.05, 4.69) is 31.1 Å². The highest BCUT2D eigenvalue weighted by molar-refractivity contribution is 9.10. The maximum Gasteiger partial charge on any atom is 0.319 e. The molecule has 0 saturated carbocycles. The van der Waals surface area contributed by atoms with Gasteiger partial charge < -0.3 is 15.2 Å². The first-order valence-electron chi connectivity index (χ1n) is 8.29. The predicted octanol–water partition coefficient (Wildman–Crippen LogP) is 5.97. The molecule has 0 aliphatic rings. The third kappa shape index (κ3) is 4.51. The topological polar surface area (TPSA) is 46.1 Å². The number of urea groups is 1. The van der Waals surface area contributed by atoms with E-state index in [-0.39, 0.29) is 5.69 Å². The van der Waals surface area contributed by atoms with Gasteiger partial charge in [0.1, 0.15) is 5.82 Å². The predicted molar refractivity (Wildman–Crippen MR) is 110 cm³/mol. The van der Waals surface area contributed by atoms with Crippen molar-refractivity contribution in [3.05, 3.63) is 80.8 Å². The number of halogens is 3. The molecular weight excluding hydrogens is 433 g/mol. The number of carbonyl (C=O) groups excluding carboxylic acids is 1. The molecule has 0 aliphatic carbocycles. The van der Waals surface area contributed by atoms with Gasteiger partial charge in [-0.3, -0.25) is 0 Å². The lowest BCUT2D eigenvalue weighted by Crippen LogP contribution is -2.28. The molecular formula is C20H18BrClFN3O. The highest BCUT2D eigenvalue weighted by Crippen LogP contribution is 2.22. The maximum atomic E-state index is 13.8. The van der Waals surface area contributed by atoms with Crippen molar-refractivity contribution in [1.29, 1.82) is 0 Å². The lowest BCUT2D eigenvalue weighted by molar-refractivity contribution is 0.251. The molecule has 2 N–H and O–H groups in total.